The Hall–Kier alpha value is -6.72. The zero-order valence-corrected chi connectivity index (χ0v) is 26.4. The first-order chi connectivity index (χ1) is 24.3. The second-order valence-electron chi connectivity index (χ2n) is 11.9. The van der Waals surface area contributed by atoms with Crippen molar-refractivity contribution in [3.63, 3.8) is 0 Å². The average molecular weight is 629 g/mol. The molecule has 9 rings (SSSR count). The number of hydrogen-bond acceptors (Lipinski definition) is 5. The van der Waals surface area contributed by atoms with E-state index < -0.39 is 0 Å². The van der Waals surface area contributed by atoms with Gasteiger partial charge in [0, 0.05) is 27.8 Å². The van der Waals surface area contributed by atoms with Crippen molar-refractivity contribution in [1.82, 2.24) is 19.9 Å². The maximum absolute atomic E-state index is 6.49. The van der Waals surface area contributed by atoms with Gasteiger partial charge in [0.25, 0.3) is 0 Å². The molecule has 7 aromatic carbocycles. The van der Waals surface area contributed by atoms with Crippen molar-refractivity contribution in [3.05, 3.63) is 170 Å². The average Bonchev–Trinajstić information content (AvgIpc) is 3.63. The van der Waals surface area contributed by atoms with E-state index in [4.69, 9.17) is 24.4 Å². The summed E-state index contributed by atoms with van der Waals surface area (Å²) in [5.41, 5.74) is 9.33. The van der Waals surface area contributed by atoms with E-state index in [1.54, 1.807) is 0 Å². The highest BCUT2D eigenvalue weighted by Crippen LogP contribution is 2.39. The molecule has 49 heavy (non-hydrogen) atoms. The monoisotopic (exact) mass is 628 g/mol. The summed E-state index contributed by atoms with van der Waals surface area (Å²) in [5, 5.41) is 2.36. The first-order valence-corrected chi connectivity index (χ1v) is 16.2. The molecule has 0 amide bonds. The molecule has 9 aromatic rings. The molecule has 0 aliphatic carbocycles. The van der Waals surface area contributed by atoms with Gasteiger partial charge in [0.15, 0.2) is 23.1 Å². The van der Waals surface area contributed by atoms with Gasteiger partial charge in [-0.3, -0.25) is 0 Å². The van der Waals surface area contributed by atoms with Crippen LogP contribution in [0, 0.1) is 0 Å². The third-order valence-corrected chi connectivity index (χ3v) is 8.75. The van der Waals surface area contributed by atoms with Gasteiger partial charge < -0.3 is 4.42 Å². The van der Waals surface area contributed by atoms with E-state index in [2.05, 4.69) is 66.7 Å². The fraction of sp³-hybridized carbons (Fsp3) is 0. The lowest BCUT2D eigenvalue weighted by molar-refractivity contribution is 0.620. The molecule has 5 heteroatoms. The highest BCUT2D eigenvalue weighted by atomic mass is 16.3. The molecule has 0 bridgehead atoms. The minimum absolute atomic E-state index is 0.584. The molecule has 2 heterocycles. The molecule has 0 aliphatic rings. The molecule has 0 spiro atoms. The van der Waals surface area contributed by atoms with Crippen LogP contribution in [0.25, 0.3) is 89.7 Å². The maximum atomic E-state index is 6.49. The molecule has 0 unspecified atom stereocenters. The van der Waals surface area contributed by atoms with Gasteiger partial charge in [-0.15, -0.1) is 0 Å². The number of nitrogens with zero attached hydrogens (tertiary/aromatic N) is 4. The molecule has 230 valence electrons. The van der Waals surface area contributed by atoms with Crippen molar-refractivity contribution in [1.29, 1.82) is 0 Å². The Labute approximate surface area is 283 Å². The van der Waals surface area contributed by atoms with E-state index in [1.807, 2.05) is 103 Å². The lowest BCUT2D eigenvalue weighted by atomic mass is 9.94. The third-order valence-electron chi connectivity index (χ3n) is 8.75. The van der Waals surface area contributed by atoms with Crippen LogP contribution in [0.5, 0.6) is 0 Å². The highest BCUT2D eigenvalue weighted by molar-refractivity contribution is 6.02. The highest BCUT2D eigenvalue weighted by Gasteiger charge is 2.18. The van der Waals surface area contributed by atoms with Crippen molar-refractivity contribution in [2.45, 2.75) is 0 Å². The zero-order valence-electron chi connectivity index (χ0n) is 26.4. The lowest BCUT2D eigenvalue weighted by Crippen LogP contribution is -2.00. The number of rotatable bonds is 6. The van der Waals surface area contributed by atoms with E-state index >= 15 is 0 Å². The van der Waals surface area contributed by atoms with Crippen LogP contribution >= 0.6 is 0 Å². The summed E-state index contributed by atoms with van der Waals surface area (Å²) < 4.78 is 6.49. The van der Waals surface area contributed by atoms with Crippen LogP contribution in [0.1, 0.15) is 0 Å². The van der Waals surface area contributed by atoms with Gasteiger partial charge in [-0.2, -0.15) is 0 Å². The molecule has 0 N–H and O–H groups in total. The van der Waals surface area contributed by atoms with Crippen LogP contribution in [-0.2, 0) is 0 Å². The number of oxazole rings is 1. The Kier molecular flexibility index (Phi) is 7.06. The maximum Gasteiger partial charge on any atom is 0.227 e. The quantitative estimate of drug-likeness (QED) is 0.183. The van der Waals surface area contributed by atoms with Crippen LogP contribution in [0.3, 0.4) is 0 Å². The second kappa shape index (κ2) is 12.1. The Morgan fingerprint density at radius 3 is 1.57 bits per heavy atom. The number of benzene rings is 7. The number of aromatic nitrogens is 4. The minimum Gasteiger partial charge on any atom is -0.436 e. The van der Waals surface area contributed by atoms with E-state index in [-0.39, 0.29) is 0 Å². The van der Waals surface area contributed by atoms with Crippen LogP contribution in [0.15, 0.2) is 174 Å². The Morgan fingerprint density at radius 2 is 0.878 bits per heavy atom. The topological polar surface area (TPSA) is 64.7 Å². The predicted octanol–water partition coefficient (Wildman–Crippen LogP) is 11.2. The number of fused-ring (bicyclic) bond motifs is 2. The summed E-state index contributed by atoms with van der Waals surface area (Å²) in [4.78, 5) is 19.9. The third kappa shape index (κ3) is 5.43. The van der Waals surface area contributed by atoms with Gasteiger partial charge in [-0.1, -0.05) is 140 Å². The zero-order chi connectivity index (χ0) is 32.6. The van der Waals surface area contributed by atoms with Gasteiger partial charge in [-0.05, 0) is 57.8 Å². The Bertz CT molecular complexity index is 2530. The lowest BCUT2D eigenvalue weighted by Gasteiger charge is -2.12. The molecule has 0 fully saturated rings. The molecule has 0 saturated heterocycles. The summed E-state index contributed by atoms with van der Waals surface area (Å²) in [7, 11) is 0. The molecular weight excluding hydrogens is 601 g/mol. The van der Waals surface area contributed by atoms with Crippen molar-refractivity contribution < 1.29 is 4.42 Å². The van der Waals surface area contributed by atoms with Crippen LogP contribution < -0.4 is 0 Å². The van der Waals surface area contributed by atoms with Crippen LogP contribution in [0.4, 0.5) is 0 Å². The van der Waals surface area contributed by atoms with E-state index in [9.17, 15) is 0 Å². The van der Waals surface area contributed by atoms with Crippen LogP contribution in [-0.4, -0.2) is 19.9 Å². The van der Waals surface area contributed by atoms with E-state index in [1.165, 1.54) is 10.8 Å². The van der Waals surface area contributed by atoms with Gasteiger partial charge >= 0.3 is 0 Å². The summed E-state index contributed by atoms with van der Waals surface area (Å²) in [6, 6.07) is 57.6. The van der Waals surface area contributed by atoms with Gasteiger partial charge in [-0.25, -0.2) is 19.9 Å². The largest absolute Gasteiger partial charge is 0.436 e. The van der Waals surface area contributed by atoms with Gasteiger partial charge in [0.2, 0.25) is 5.89 Å². The first-order valence-electron chi connectivity index (χ1n) is 16.2. The molecule has 2 aromatic heterocycles. The van der Waals surface area contributed by atoms with Gasteiger partial charge in [0.05, 0.1) is 0 Å². The summed E-state index contributed by atoms with van der Waals surface area (Å²) in [6.45, 7) is 0. The van der Waals surface area contributed by atoms with Crippen LogP contribution in [0.2, 0.25) is 0 Å². The molecular formula is C44H28N4O. The molecule has 0 saturated carbocycles. The standard InChI is InChI=1S/C44H28N4O/c1-4-15-30(16-5-1)41-46-42(31-17-6-2-7-18-31)48-43(47-41)34-23-12-22-33(26-34)38-27-35(37-25-13-21-29-14-10-11-24-36(29)37)28-39-40(38)45-44(49-39)32-19-8-3-9-20-32/h1-28H. The molecule has 0 radical (unpaired) electrons. The fourth-order valence-corrected chi connectivity index (χ4v) is 6.35. The molecule has 0 aliphatic heterocycles. The number of hydrogen-bond donors (Lipinski definition) is 0. The minimum atomic E-state index is 0.584. The van der Waals surface area contributed by atoms with Crippen molar-refractivity contribution >= 4 is 21.9 Å². The van der Waals surface area contributed by atoms with Crippen molar-refractivity contribution in [3.8, 4) is 67.9 Å². The molecule has 0 atom stereocenters. The first kappa shape index (κ1) is 28.5. The Morgan fingerprint density at radius 1 is 0.347 bits per heavy atom. The van der Waals surface area contributed by atoms with Crippen molar-refractivity contribution in [2.75, 3.05) is 0 Å². The normalized spacial score (nSPS) is 11.3. The SMILES string of the molecule is c1ccc(-c2nc(-c3ccccc3)nc(-c3cccc(-c4cc(-c5cccc6ccccc56)cc5oc(-c6ccccc6)nc45)c3)n2)cc1. The summed E-state index contributed by atoms with van der Waals surface area (Å²) in [5.74, 6) is 2.43. The fourth-order valence-electron chi connectivity index (χ4n) is 6.35. The smallest absolute Gasteiger partial charge is 0.227 e. The van der Waals surface area contributed by atoms with Crippen molar-refractivity contribution in [2.24, 2.45) is 0 Å². The predicted molar refractivity (Wildman–Crippen MR) is 198 cm³/mol. The second-order valence-corrected chi connectivity index (χ2v) is 11.9. The Balaban J connectivity index is 1.24. The summed E-state index contributed by atoms with van der Waals surface area (Å²) in [6.07, 6.45) is 0. The van der Waals surface area contributed by atoms with Gasteiger partial charge in [0.1, 0.15) is 5.52 Å². The summed E-state index contributed by atoms with van der Waals surface area (Å²) >= 11 is 0. The van der Waals surface area contributed by atoms with E-state index in [0.717, 1.165) is 55.6 Å². The molecule has 5 nitrogen and oxygen atoms in total. The van der Waals surface area contributed by atoms with E-state index in [0.29, 0.717) is 23.4 Å².